The van der Waals surface area contributed by atoms with Crippen LogP contribution < -0.4 is 4.90 Å². The van der Waals surface area contributed by atoms with Gasteiger partial charge in [0.15, 0.2) is 4.87 Å². The second kappa shape index (κ2) is 5.42. The first-order valence-corrected chi connectivity index (χ1v) is 8.91. The van der Waals surface area contributed by atoms with Gasteiger partial charge in [-0.2, -0.15) is 0 Å². The van der Waals surface area contributed by atoms with Crippen molar-refractivity contribution in [2.24, 2.45) is 0 Å². The Labute approximate surface area is 151 Å². The van der Waals surface area contributed by atoms with Gasteiger partial charge in [0, 0.05) is 20.0 Å². The van der Waals surface area contributed by atoms with Crippen LogP contribution in [0.25, 0.3) is 0 Å². The van der Waals surface area contributed by atoms with Crippen molar-refractivity contribution in [1.82, 2.24) is 4.90 Å². The fourth-order valence-electron chi connectivity index (χ4n) is 2.61. The van der Waals surface area contributed by atoms with Gasteiger partial charge in [-0.15, -0.1) is 22.9 Å². The van der Waals surface area contributed by atoms with E-state index in [0.29, 0.717) is 17.3 Å². The standard InChI is InChI=1S/C13H12Cl4N2O2S/c1-18(11(21)12(15)6-13(12,16)17)7-4-5-19(10(7)20)9-3-2-8(14)22-9/h2-3,7H,4-6H2,1H3. The van der Waals surface area contributed by atoms with Crippen LogP contribution in [-0.2, 0) is 9.59 Å². The highest BCUT2D eigenvalue weighted by Gasteiger charge is 2.72. The Balaban J connectivity index is 1.74. The van der Waals surface area contributed by atoms with E-state index in [9.17, 15) is 9.59 Å². The van der Waals surface area contributed by atoms with Crippen LogP contribution >= 0.6 is 57.7 Å². The molecule has 120 valence electrons. The molecule has 1 aromatic heterocycles. The number of thiophene rings is 1. The maximum Gasteiger partial charge on any atom is 0.250 e. The van der Waals surface area contributed by atoms with Crippen LogP contribution in [0.5, 0.6) is 0 Å². The van der Waals surface area contributed by atoms with Crippen molar-refractivity contribution in [1.29, 1.82) is 0 Å². The summed E-state index contributed by atoms with van der Waals surface area (Å²) in [5, 5.41) is 0.773. The Kier molecular flexibility index (Phi) is 4.10. The van der Waals surface area contributed by atoms with Crippen molar-refractivity contribution >= 4 is 74.6 Å². The average Bonchev–Trinajstić information content (AvgIpc) is 2.81. The van der Waals surface area contributed by atoms with E-state index in [1.807, 2.05) is 0 Å². The molecule has 0 bridgehead atoms. The monoisotopic (exact) mass is 400 g/mol. The van der Waals surface area contributed by atoms with Crippen molar-refractivity contribution in [3.05, 3.63) is 16.5 Å². The molecule has 2 unspecified atom stereocenters. The zero-order chi connectivity index (χ0) is 16.3. The number of halogens is 4. The molecule has 1 aromatic rings. The lowest BCUT2D eigenvalue weighted by Gasteiger charge is -2.26. The summed E-state index contributed by atoms with van der Waals surface area (Å²) in [4.78, 5) is 26.7. The Morgan fingerprint density at radius 1 is 1.41 bits per heavy atom. The van der Waals surface area contributed by atoms with E-state index >= 15 is 0 Å². The third-order valence-corrected chi connectivity index (χ3v) is 7.03. The molecule has 3 rings (SSSR count). The quantitative estimate of drug-likeness (QED) is 0.727. The maximum absolute atomic E-state index is 12.6. The van der Waals surface area contributed by atoms with E-state index in [2.05, 4.69) is 0 Å². The molecule has 2 aliphatic rings. The number of hydrogen-bond acceptors (Lipinski definition) is 3. The van der Waals surface area contributed by atoms with Gasteiger partial charge in [-0.1, -0.05) is 34.8 Å². The summed E-state index contributed by atoms with van der Waals surface area (Å²) in [5.74, 6) is -0.561. The number of rotatable bonds is 3. The molecule has 0 radical (unpaired) electrons. The van der Waals surface area contributed by atoms with Crippen LogP contribution in [0.3, 0.4) is 0 Å². The molecule has 0 spiro atoms. The molecule has 22 heavy (non-hydrogen) atoms. The van der Waals surface area contributed by atoms with E-state index in [1.165, 1.54) is 16.2 Å². The number of carbonyl (C=O) groups excluding carboxylic acids is 2. The topological polar surface area (TPSA) is 40.6 Å². The second-order valence-electron chi connectivity index (χ2n) is 5.47. The van der Waals surface area contributed by atoms with E-state index in [0.717, 1.165) is 5.00 Å². The molecule has 2 heterocycles. The van der Waals surface area contributed by atoms with Crippen LogP contribution in [0.4, 0.5) is 5.00 Å². The van der Waals surface area contributed by atoms with Crippen LogP contribution in [0.1, 0.15) is 12.8 Å². The minimum absolute atomic E-state index is 0.148. The second-order valence-corrected chi connectivity index (χ2v) is 9.29. The zero-order valence-electron chi connectivity index (χ0n) is 11.5. The Hall–Kier alpha value is -0.200. The van der Waals surface area contributed by atoms with Gasteiger partial charge in [0.2, 0.25) is 11.8 Å². The normalized spacial score (nSPS) is 29.8. The number of amides is 2. The van der Waals surface area contributed by atoms with Crippen molar-refractivity contribution in [2.75, 3.05) is 18.5 Å². The van der Waals surface area contributed by atoms with Gasteiger partial charge in [0.1, 0.15) is 10.4 Å². The van der Waals surface area contributed by atoms with Gasteiger partial charge < -0.3 is 9.80 Å². The predicted octanol–water partition coefficient (Wildman–Crippen LogP) is 3.52. The lowest BCUT2D eigenvalue weighted by molar-refractivity contribution is -0.137. The van der Waals surface area contributed by atoms with E-state index in [4.69, 9.17) is 46.4 Å². The summed E-state index contributed by atoms with van der Waals surface area (Å²) in [6.45, 7) is 0.528. The lowest BCUT2D eigenvalue weighted by atomic mass is 10.2. The highest BCUT2D eigenvalue weighted by Crippen LogP contribution is 2.62. The van der Waals surface area contributed by atoms with E-state index < -0.39 is 21.2 Å². The number of nitrogens with zero attached hydrogens (tertiary/aromatic N) is 2. The van der Waals surface area contributed by atoms with Crippen LogP contribution in [-0.4, -0.2) is 45.6 Å². The van der Waals surface area contributed by atoms with Crippen LogP contribution in [0.2, 0.25) is 4.34 Å². The minimum atomic E-state index is -1.33. The summed E-state index contributed by atoms with van der Waals surface area (Å²) in [6, 6.07) is 2.97. The zero-order valence-corrected chi connectivity index (χ0v) is 15.3. The highest BCUT2D eigenvalue weighted by atomic mass is 35.5. The molecule has 1 saturated carbocycles. The van der Waals surface area contributed by atoms with Gasteiger partial charge in [-0.25, -0.2) is 0 Å². The molecule has 1 saturated heterocycles. The van der Waals surface area contributed by atoms with Gasteiger partial charge >= 0.3 is 0 Å². The maximum atomic E-state index is 12.6. The van der Waals surface area contributed by atoms with E-state index in [1.54, 1.807) is 24.1 Å². The molecule has 4 nitrogen and oxygen atoms in total. The Morgan fingerprint density at radius 2 is 2.05 bits per heavy atom. The summed E-state index contributed by atoms with van der Waals surface area (Å²) >= 11 is 25.3. The molecule has 9 heteroatoms. The number of anilines is 1. The summed E-state index contributed by atoms with van der Waals surface area (Å²) < 4.78 is -0.648. The molecule has 2 amide bonds. The largest absolute Gasteiger partial charge is 0.332 e. The lowest BCUT2D eigenvalue weighted by Crippen LogP contribution is -2.47. The SMILES string of the molecule is CN(C(=O)C1(Cl)CC1(Cl)Cl)C1CCN(c2ccc(Cl)s2)C1=O. The first-order valence-electron chi connectivity index (χ1n) is 6.58. The minimum Gasteiger partial charge on any atom is -0.332 e. The number of alkyl halides is 3. The highest BCUT2D eigenvalue weighted by molar-refractivity contribution is 7.20. The molecule has 1 aliphatic heterocycles. The van der Waals surface area contributed by atoms with Gasteiger partial charge in [0.05, 0.1) is 9.34 Å². The third-order valence-electron chi connectivity index (χ3n) is 4.05. The van der Waals surface area contributed by atoms with Crippen molar-refractivity contribution in [3.63, 3.8) is 0 Å². The molecule has 1 aliphatic carbocycles. The Bertz CT molecular complexity index is 650. The predicted molar refractivity (Wildman–Crippen MR) is 90.5 cm³/mol. The molecular formula is C13H12Cl4N2O2S. The number of hydrogen-bond donors (Lipinski definition) is 0. The van der Waals surface area contributed by atoms with Crippen LogP contribution in [0.15, 0.2) is 12.1 Å². The van der Waals surface area contributed by atoms with Gasteiger partial charge in [-0.3, -0.25) is 9.59 Å². The van der Waals surface area contributed by atoms with Crippen molar-refractivity contribution in [2.45, 2.75) is 28.1 Å². The summed E-state index contributed by atoms with van der Waals surface area (Å²) in [7, 11) is 1.56. The van der Waals surface area contributed by atoms with Crippen molar-refractivity contribution in [3.8, 4) is 0 Å². The first kappa shape index (κ1) is 16.7. The fraction of sp³-hybridized carbons (Fsp3) is 0.538. The average molecular weight is 402 g/mol. The fourth-order valence-corrected chi connectivity index (χ4v) is 4.70. The molecule has 2 fully saturated rings. The summed E-state index contributed by atoms with van der Waals surface area (Å²) in [5.41, 5.74) is 0. The van der Waals surface area contributed by atoms with Crippen LogP contribution in [0, 0.1) is 0 Å². The third kappa shape index (κ3) is 2.51. The van der Waals surface area contributed by atoms with Crippen molar-refractivity contribution < 1.29 is 9.59 Å². The molecule has 0 aromatic carbocycles. The summed E-state index contributed by atoms with van der Waals surface area (Å²) in [6.07, 6.45) is 0.708. The molecule has 0 N–H and O–H groups in total. The molecular weight excluding hydrogens is 390 g/mol. The first-order chi connectivity index (χ1) is 10.2. The van der Waals surface area contributed by atoms with Gasteiger partial charge in [0.25, 0.3) is 0 Å². The molecule has 2 atom stereocenters. The van der Waals surface area contributed by atoms with Gasteiger partial charge in [-0.05, 0) is 18.6 Å². The Morgan fingerprint density at radius 3 is 2.55 bits per heavy atom. The number of likely N-dealkylation sites (N-methyl/N-ethyl adjacent to an activating group) is 1. The smallest absolute Gasteiger partial charge is 0.250 e. The van der Waals surface area contributed by atoms with E-state index in [-0.39, 0.29) is 12.3 Å². The number of carbonyl (C=O) groups is 2.